The zero-order valence-corrected chi connectivity index (χ0v) is 18.3. The molecule has 2 heterocycles. The molecule has 4 rings (SSSR count). The Balaban J connectivity index is 1.20. The summed E-state index contributed by atoms with van der Waals surface area (Å²) in [7, 11) is 0. The zero-order valence-electron chi connectivity index (χ0n) is 15.9. The summed E-state index contributed by atoms with van der Waals surface area (Å²) in [6.45, 7) is 0.590. The molecule has 1 aromatic heterocycles. The first kappa shape index (κ1) is 21.2. The van der Waals surface area contributed by atoms with Crippen LogP contribution in [-0.2, 0) is 11.3 Å². The zero-order chi connectivity index (χ0) is 21.6. The maximum absolute atomic E-state index is 12.1. The van der Waals surface area contributed by atoms with Crippen LogP contribution in [0, 0.1) is 0 Å². The highest BCUT2D eigenvalue weighted by molar-refractivity contribution is 8.01. The number of nitrogens with one attached hydrogen (secondary N) is 3. The van der Waals surface area contributed by atoms with Gasteiger partial charge >= 0.3 is 6.03 Å². The van der Waals surface area contributed by atoms with Crippen LogP contribution >= 0.6 is 34.7 Å². The number of amides is 3. The number of halogens is 1. The Bertz CT molecular complexity index is 1090. The first-order valence-electron chi connectivity index (χ1n) is 9.00. The van der Waals surface area contributed by atoms with Crippen LogP contribution < -0.4 is 25.4 Å². The van der Waals surface area contributed by atoms with Gasteiger partial charge in [-0.05, 0) is 42.0 Å². The number of hydrogen-bond donors (Lipinski definition) is 3. The van der Waals surface area contributed by atoms with Crippen LogP contribution in [-0.4, -0.2) is 34.7 Å². The Morgan fingerprint density at radius 3 is 2.71 bits per heavy atom. The summed E-state index contributed by atoms with van der Waals surface area (Å²) in [5.74, 6) is 1.41. The topological polar surface area (TPSA) is 114 Å². The molecule has 0 bridgehead atoms. The molecule has 3 aromatic rings. The number of urea groups is 1. The van der Waals surface area contributed by atoms with E-state index >= 15 is 0 Å². The maximum Gasteiger partial charge on any atom is 0.325 e. The Hall–Kier alpha value is -3.02. The number of benzene rings is 2. The molecule has 2 aromatic carbocycles. The van der Waals surface area contributed by atoms with Crippen molar-refractivity contribution >= 4 is 57.5 Å². The third-order valence-electron chi connectivity index (χ3n) is 3.98. The van der Waals surface area contributed by atoms with Gasteiger partial charge in [-0.15, -0.1) is 10.2 Å². The Morgan fingerprint density at radius 2 is 1.87 bits per heavy atom. The van der Waals surface area contributed by atoms with Gasteiger partial charge in [0.15, 0.2) is 15.8 Å². The number of aromatic nitrogens is 2. The Labute approximate surface area is 190 Å². The van der Waals surface area contributed by atoms with Crippen molar-refractivity contribution in [2.45, 2.75) is 10.9 Å². The van der Waals surface area contributed by atoms with Gasteiger partial charge in [0, 0.05) is 17.3 Å². The molecule has 12 heteroatoms. The summed E-state index contributed by atoms with van der Waals surface area (Å²) in [4.78, 5) is 24.1. The van der Waals surface area contributed by atoms with E-state index in [0.29, 0.717) is 38.2 Å². The molecular formula is C19H16ClN5O4S2. The molecule has 1 aliphatic heterocycles. The van der Waals surface area contributed by atoms with Crippen LogP contribution in [0.5, 0.6) is 11.5 Å². The van der Waals surface area contributed by atoms with Gasteiger partial charge in [0.2, 0.25) is 17.8 Å². The van der Waals surface area contributed by atoms with E-state index in [4.69, 9.17) is 21.1 Å². The lowest BCUT2D eigenvalue weighted by Crippen LogP contribution is -2.24. The van der Waals surface area contributed by atoms with E-state index in [-0.39, 0.29) is 18.5 Å². The van der Waals surface area contributed by atoms with Crippen molar-refractivity contribution in [3.05, 3.63) is 53.1 Å². The highest BCUT2D eigenvalue weighted by Gasteiger charge is 2.14. The Kier molecular flexibility index (Phi) is 6.75. The summed E-state index contributed by atoms with van der Waals surface area (Å²) in [6, 6.07) is 11.8. The van der Waals surface area contributed by atoms with Gasteiger partial charge in [-0.2, -0.15) is 0 Å². The van der Waals surface area contributed by atoms with E-state index in [1.165, 1.54) is 23.1 Å². The molecule has 0 aliphatic carbocycles. The lowest BCUT2D eigenvalue weighted by atomic mass is 10.2. The van der Waals surface area contributed by atoms with Crippen LogP contribution in [0.3, 0.4) is 0 Å². The smallest absolute Gasteiger partial charge is 0.325 e. The van der Waals surface area contributed by atoms with Crippen molar-refractivity contribution < 1.29 is 19.1 Å². The van der Waals surface area contributed by atoms with Crippen LogP contribution in [0.25, 0.3) is 0 Å². The molecule has 0 saturated heterocycles. The van der Waals surface area contributed by atoms with E-state index in [1.807, 2.05) is 18.2 Å². The number of carbonyl (C=O) groups is 2. The van der Waals surface area contributed by atoms with E-state index in [1.54, 1.807) is 24.3 Å². The molecule has 0 radical (unpaired) electrons. The van der Waals surface area contributed by atoms with Gasteiger partial charge in [-0.25, -0.2) is 4.79 Å². The minimum absolute atomic E-state index is 0.146. The predicted molar refractivity (Wildman–Crippen MR) is 119 cm³/mol. The van der Waals surface area contributed by atoms with Gasteiger partial charge in [-0.3, -0.25) is 10.1 Å². The van der Waals surface area contributed by atoms with E-state index in [0.717, 1.165) is 5.56 Å². The quantitative estimate of drug-likeness (QED) is 0.348. The lowest BCUT2D eigenvalue weighted by Gasteiger charge is -2.05. The minimum Gasteiger partial charge on any atom is -0.454 e. The standard InChI is InChI=1S/C19H16ClN5O4S2/c20-12-2-4-13(5-3-12)22-17(27)23-18-24-25-19(31-18)30-9-16(26)21-8-11-1-6-14-15(7-11)29-10-28-14/h1-7H,8-10H2,(H,21,26)(H2,22,23,24,27). The van der Waals surface area contributed by atoms with Gasteiger partial charge in [0.1, 0.15) is 0 Å². The monoisotopic (exact) mass is 477 g/mol. The van der Waals surface area contributed by atoms with Gasteiger partial charge in [0.05, 0.1) is 5.75 Å². The van der Waals surface area contributed by atoms with E-state index in [9.17, 15) is 9.59 Å². The number of rotatable bonds is 7. The number of ether oxygens (including phenoxy) is 2. The first-order chi connectivity index (χ1) is 15.0. The number of fused-ring (bicyclic) bond motifs is 1. The minimum atomic E-state index is -0.448. The summed E-state index contributed by atoms with van der Waals surface area (Å²) in [6.07, 6.45) is 0. The van der Waals surface area contributed by atoms with Crippen molar-refractivity contribution in [3.8, 4) is 11.5 Å². The highest BCUT2D eigenvalue weighted by Crippen LogP contribution is 2.32. The van der Waals surface area contributed by atoms with E-state index < -0.39 is 6.03 Å². The maximum atomic E-state index is 12.1. The second-order valence-electron chi connectivity index (χ2n) is 6.21. The van der Waals surface area contributed by atoms with Crippen LogP contribution in [0.1, 0.15) is 5.56 Å². The number of thioether (sulfide) groups is 1. The highest BCUT2D eigenvalue weighted by atomic mass is 35.5. The van der Waals surface area contributed by atoms with Crippen LogP contribution in [0.15, 0.2) is 46.8 Å². The largest absolute Gasteiger partial charge is 0.454 e. The van der Waals surface area contributed by atoms with Crippen molar-refractivity contribution in [1.82, 2.24) is 15.5 Å². The number of nitrogens with zero attached hydrogens (tertiary/aromatic N) is 2. The summed E-state index contributed by atoms with van der Waals surface area (Å²) < 4.78 is 11.2. The SMILES string of the molecule is O=C(CSc1nnc(NC(=O)Nc2ccc(Cl)cc2)s1)NCc1ccc2c(c1)OCO2. The van der Waals surface area contributed by atoms with Gasteiger partial charge in [-0.1, -0.05) is 40.8 Å². The molecule has 3 amide bonds. The molecular weight excluding hydrogens is 462 g/mol. The summed E-state index contributed by atoms with van der Waals surface area (Å²) in [5, 5.41) is 16.9. The van der Waals surface area contributed by atoms with E-state index in [2.05, 4.69) is 26.1 Å². The fraction of sp³-hybridized carbons (Fsp3) is 0.158. The van der Waals surface area contributed by atoms with Crippen molar-refractivity contribution in [3.63, 3.8) is 0 Å². The molecule has 31 heavy (non-hydrogen) atoms. The van der Waals surface area contributed by atoms with Gasteiger partial charge in [0.25, 0.3) is 0 Å². The normalized spacial score (nSPS) is 11.8. The molecule has 0 spiro atoms. The average Bonchev–Trinajstić information content (AvgIpc) is 3.41. The van der Waals surface area contributed by atoms with Crippen molar-refractivity contribution in [1.29, 1.82) is 0 Å². The second-order valence-corrected chi connectivity index (χ2v) is 8.85. The molecule has 0 atom stereocenters. The third kappa shape index (κ3) is 6.00. The van der Waals surface area contributed by atoms with Crippen molar-refractivity contribution in [2.75, 3.05) is 23.2 Å². The molecule has 3 N–H and O–H groups in total. The molecule has 0 saturated carbocycles. The third-order valence-corrected chi connectivity index (χ3v) is 6.21. The molecule has 1 aliphatic rings. The van der Waals surface area contributed by atoms with Crippen molar-refractivity contribution in [2.24, 2.45) is 0 Å². The average molecular weight is 478 g/mol. The Morgan fingerprint density at radius 1 is 1.06 bits per heavy atom. The molecule has 160 valence electrons. The van der Waals surface area contributed by atoms with Crippen LogP contribution in [0.2, 0.25) is 5.02 Å². The molecule has 0 fully saturated rings. The fourth-order valence-corrected chi connectivity index (χ4v) is 4.24. The van der Waals surface area contributed by atoms with Gasteiger partial charge < -0.3 is 20.1 Å². The first-order valence-corrected chi connectivity index (χ1v) is 11.2. The predicted octanol–water partition coefficient (Wildman–Crippen LogP) is 3.97. The molecule has 0 unspecified atom stereocenters. The summed E-state index contributed by atoms with van der Waals surface area (Å²) in [5.41, 5.74) is 1.51. The van der Waals surface area contributed by atoms with Crippen LogP contribution in [0.4, 0.5) is 15.6 Å². The second kappa shape index (κ2) is 9.86. The number of hydrogen-bond acceptors (Lipinski definition) is 8. The summed E-state index contributed by atoms with van der Waals surface area (Å²) >= 11 is 8.24. The number of anilines is 2. The molecule has 9 nitrogen and oxygen atoms in total. The number of carbonyl (C=O) groups excluding carboxylic acids is 2. The fourth-order valence-electron chi connectivity index (χ4n) is 2.54. The lowest BCUT2D eigenvalue weighted by molar-refractivity contribution is -0.118.